The van der Waals surface area contributed by atoms with Gasteiger partial charge in [0.1, 0.15) is 5.75 Å². The van der Waals surface area contributed by atoms with Crippen LogP contribution < -0.4 is 4.74 Å². The first kappa shape index (κ1) is 19.2. The minimum Gasteiger partial charge on any atom is -0.496 e. The van der Waals surface area contributed by atoms with Crippen LogP contribution >= 0.6 is 27.7 Å². The molecule has 1 heterocycles. The van der Waals surface area contributed by atoms with E-state index in [1.807, 2.05) is 54.2 Å². The molecule has 0 aliphatic carbocycles. The van der Waals surface area contributed by atoms with Crippen LogP contribution in [0.4, 0.5) is 0 Å². The van der Waals surface area contributed by atoms with Crippen LogP contribution in [0.3, 0.4) is 0 Å². The highest BCUT2D eigenvalue weighted by Gasteiger charge is 2.13. The summed E-state index contributed by atoms with van der Waals surface area (Å²) in [5.74, 6) is 3.27. The lowest BCUT2D eigenvalue weighted by Gasteiger charge is -2.26. The molecule has 0 amide bonds. The molecule has 0 saturated carbocycles. The highest BCUT2D eigenvalue weighted by molar-refractivity contribution is 9.10. The van der Waals surface area contributed by atoms with Crippen LogP contribution in [0, 0.1) is 0 Å². The highest BCUT2D eigenvalue weighted by atomic mass is 79.9. The maximum atomic E-state index is 12.3. The molecule has 3 nitrogen and oxygen atoms in total. The van der Waals surface area contributed by atoms with Gasteiger partial charge in [0.15, 0.2) is 5.78 Å². The van der Waals surface area contributed by atoms with Crippen molar-refractivity contribution in [2.24, 2.45) is 0 Å². The Morgan fingerprint density at radius 3 is 2.62 bits per heavy atom. The number of rotatable bonds is 6. The third kappa shape index (κ3) is 5.22. The van der Waals surface area contributed by atoms with Crippen molar-refractivity contribution in [1.29, 1.82) is 0 Å². The molecule has 1 fully saturated rings. The van der Waals surface area contributed by atoms with Crippen LogP contribution in [0.15, 0.2) is 53.0 Å². The average Bonchev–Trinajstić information content (AvgIpc) is 2.67. The third-order valence-corrected chi connectivity index (χ3v) is 5.83. The van der Waals surface area contributed by atoms with Crippen LogP contribution in [-0.2, 0) is 6.54 Å². The minimum atomic E-state index is 0.00271. The molecule has 1 aliphatic rings. The first-order chi connectivity index (χ1) is 12.7. The Labute approximate surface area is 167 Å². The van der Waals surface area contributed by atoms with E-state index >= 15 is 0 Å². The van der Waals surface area contributed by atoms with Gasteiger partial charge in [-0.15, -0.1) is 0 Å². The molecule has 3 rings (SSSR count). The molecule has 0 atom stereocenters. The lowest BCUT2D eigenvalue weighted by atomic mass is 10.1. The van der Waals surface area contributed by atoms with E-state index in [1.54, 1.807) is 13.2 Å². The summed E-state index contributed by atoms with van der Waals surface area (Å²) in [6.45, 7) is 3.10. The van der Waals surface area contributed by atoms with Crippen LogP contribution in [0.25, 0.3) is 6.08 Å². The maximum Gasteiger partial charge on any atom is 0.185 e. The molecule has 2 aromatic carbocycles. The number of hydrogen-bond donors (Lipinski definition) is 0. The molecular formula is C21H22BrNO2S. The SMILES string of the molecule is COc1ccc(/C=C/C(=O)c2ccc(Br)cc2)cc1CN1CCSCC1. The predicted octanol–water partition coefficient (Wildman–Crippen LogP) is 4.90. The van der Waals surface area contributed by atoms with Crippen LogP contribution in [-0.4, -0.2) is 42.4 Å². The standard InChI is InChI=1S/C21H22BrNO2S/c1-25-21-9-3-16(14-18(21)15-23-10-12-26-13-11-23)2-8-20(24)17-4-6-19(22)7-5-17/h2-9,14H,10-13,15H2,1H3/b8-2+. The second-order valence-electron chi connectivity index (χ2n) is 6.16. The Morgan fingerprint density at radius 2 is 1.92 bits per heavy atom. The Morgan fingerprint density at radius 1 is 1.19 bits per heavy atom. The van der Waals surface area contributed by atoms with E-state index in [9.17, 15) is 4.79 Å². The second kappa shape index (κ2) is 9.40. The first-order valence-electron chi connectivity index (χ1n) is 8.61. The van der Waals surface area contributed by atoms with Gasteiger partial charge in [-0.3, -0.25) is 9.69 Å². The first-order valence-corrected chi connectivity index (χ1v) is 10.6. The van der Waals surface area contributed by atoms with Gasteiger partial charge in [0, 0.05) is 46.7 Å². The van der Waals surface area contributed by atoms with Crippen molar-refractivity contribution in [3.8, 4) is 5.75 Å². The lowest BCUT2D eigenvalue weighted by molar-refractivity contribution is 0.104. The summed E-state index contributed by atoms with van der Waals surface area (Å²) in [5, 5.41) is 0. The fraction of sp³-hybridized carbons (Fsp3) is 0.286. The predicted molar refractivity (Wildman–Crippen MR) is 113 cm³/mol. The number of ketones is 1. The van der Waals surface area contributed by atoms with Gasteiger partial charge in [-0.05, 0) is 48.0 Å². The number of thioether (sulfide) groups is 1. The maximum absolute atomic E-state index is 12.3. The van der Waals surface area contributed by atoms with Gasteiger partial charge in [-0.1, -0.05) is 28.1 Å². The summed E-state index contributed by atoms with van der Waals surface area (Å²) in [6.07, 6.45) is 3.51. The highest BCUT2D eigenvalue weighted by Crippen LogP contribution is 2.24. The van der Waals surface area contributed by atoms with Crippen molar-refractivity contribution in [1.82, 2.24) is 4.90 Å². The van der Waals surface area contributed by atoms with Crippen molar-refractivity contribution in [2.45, 2.75) is 6.54 Å². The fourth-order valence-corrected chi connectivity index (χ4v) is 4.15. The monoisotopic (exact) mass is 431 g/mol. The van der Waals surface area contributed by atoms with E-state index in [4.69, 9.17) is 4.74 Å². The van der Waals surface area contributed by atoms with Crippen molar-refractivity contribution in [2.75, 3.05) is 31.7 Å². The Bertz CT molecular complexity index is 783. The topological polar surface area (TPSA) is 29.5 Å². The Kier molecular flexibility index (Phi) is 6.94. The number of ether oxygens (including phenoxy) is 1. The van der Waals surface area contributed by atoms with Gasteiger partial charge in [0.25, 0.3) is 0 Å². The van der Waals surface area contributed by atoms with Crippen LogP contribution in [0.5, 0.6) is 5.75 Å². The van der Waals surface area contributed by atoms with Crippen molar-refractivity contribution < 1.29 is 9.53 Å². The van der Waals surface area contributed by atoms with Crippen LogP contribution in [0.1, 0.15) is 21.5 Å². The number of allylic oxidation sites excluding steroid dienone is 1. The summed E-state index contributed by atoms with van der Waals surface area (Å²) in [7, 11) is 1.71. The molecular weight excluding hydrogens is 410 g/mol. The number of carbonyl (C=O) groups excluding carboxylic acids is 1. The van der Waals surface area contributed by atoms with Crippen LogP contribution in [0.2, 0.25) is 0 Å². The summed E-state index contributed by atoms with van der Waals surface area (Å²) >= 11 is 5.39. The zero-order valence-electron chi connectivity index (χ0n) is 14.8. The normalized spacial score (nSPS) is 15.3. The third-order valence-electron chi connectivity index (χ3n) is 4.36. The van der Waals surface area contributed by atoms with E-state index in [-0.39, 0.29) is 5.78 Å². The minimum absolute atomic E-state index is 0.00271. The molecule has 1 aliphatic heterocycles. The number of methoxy groups -OCH3 is 1. The van der Waals surface area contributed by atoms with E-state index in [0.717, 1.165) is 41.0 Å². The van der Waals surface area contributed by atoms with Gasteiger partial charge in [0.2, 0.25) is 0 Å². The molecule has 1 saturated heterocycles. The number of halogens is 1. The molecule has 0 N–H and O–H groups in total. The Hall–Kier alpha value is -1.56. The summed E-state index contributed by atoms with van der Waals surface area (Å²) in [5.41, 5.74) is 2.86. The van der Waals surface area contributed by atoms with Crippen molar-refractivity contribution in [3.05, 3.63) is 69.7 Å². The summed E-state index contributed by atoms with van der Waals surface area (Å²) in [4.78, 5) is 14.8. The Balaban J connectivity index is 1.73. The molecule has 2 aromatic rings. The molecule has 0 radical (unpaired) electrons. The van der Waals surface area contributed by atoms with Crippen molar-refractivity contribution in [3.63, 3.8) is 0 Å². The number of benzene rings is 2. The van der Waals surface area contributed by atoms with Crippen molar-refractivity contribution >= 4 is 39.6 Å². The molecule has 5 heteroatoms. The number of nitrogens with zero attached hydrogens (tertiary/aromatic N) is 1. The second-order valence-corrected chi connectivity index (χ2v) is 8.30. The van der Waals surface area contributed by atoms with E-state index in [2.05, 4.69) is 26.9 Å². The van der Waals surface area contributed by atoms with E-state index in [1.165, 1.54) is 11.5 Å². The zero-order valence-corrected chi connectivity index (χ0v) is 17.2. The number of carbonyl (C=O) groups is 1. The molecule has 136 valence electrons. The van der Waals surface area contributed by atoms with Gasteiger partial charge in [-0.25, -0.2) is 0 Å². The number of hydrogen-bond acceptors (Lipinski definition) is 4. The largest absolute Gasteiger partial charge is 0.496 e. The van der Waals surface area contributed by atoms with Gasteiger partial charge in [-0.2, -0.15) is 11.8 Å². The molecule has 0 aromatic heterocycles. The quantitative estimate of drug-likeness (QED) is 0.480. The van der Waals surface area contributed by atoms with Gasteiger partial charge < -0.3 is 4.74 Å². The molecule has 0 unspecified atom stereocenters. The van der Waals surface area contributed by atoms with Gasteiger partial charge in [0.05, 0.1) is 7.11 Å². The smallest absolute Gasteiger partial charge is 0.185 e. The zero-order chi connectivity index (χ0) is 18.4. The summed E-state index contributed by atoms with van der Waals surface area (Å²) in [6, 6.07) is 13.5. The van der Waals surface area contributed by atoms with Gasteiger partial charge >= 0.3 is 0 Å². The average molecular weight is 432 g/mol. The molecule has 26 heavy (non-hydrogen) atoms. The van der Waals surface area contributed by atoms with E-state index < -0.39 is 0 Å². The molecule has 0 spiro atoms. The lowest BCUT2D eigenvalue weighted by Crippen LogP contribution is -2.32. The molecule has 0 bridgehead atoms. The summed E-state index contributed by atoms with van der Waals surface area (Å²) < 4.78 is 6.49. The van der Waals surface area contributed by atoms with E-state index in [0.29, 0.717) is 5.56 Å². The fourth-order valence-electron chi connectivity index (χ4n) is 2.91.